The smallest absolute Gasteiger partial charge is 0.258 e. The molecule has 0 saturated carbocycles. The van der Waals surface area contributed by atoms with Gasteiger partial charge in [0.1, 0.15) is 5.65 Å². The zero-order valence-corrected chi connectivity index (χ0v) is 16.0. The Hall–Kier alpha value is -2.45. The third kappa shape index (κ3) is 3.17. The topological polar surface area (TPSA) is 65.1 Å². The van der Waals surface area contributed by atoms with Crippen LogP contribution in [-0.2, 0) is 12.3 Å². The quantitative estimate of drug-likeness (QED) is 0.492. The molecule has 0 saturated heterocycles. The maximum atomic E-state index is 12.3. The Balaban J connectivity index is 1.61. The van der Waals surface area contributed by atoms with E-state index in [0.717, 1.165) is 33.7 Å². The maximum Gasteiger partial charge on any atom is 0.258 e. The molecule has 4 aromatic rings. The maximum absolute atomic E-state index is 12.3. The van der Waals surface area contributed by atoms with Crippen LogP contribution in [0.2, 0.25) is 0 Å². The number of thiophene rings is 1. The van der Waals surface area contributed by atoms with Crippen LogP contribution >= 0.6 is 23.1 Å². The number of aryl methyl sites for hydroxylation is 1. The van der Waals surface area contributed by atoms with E-state index in [1.807, 2.05) is 42.8 Å². The fourth-order valence-corrected chi connectivity index (χ4v) is 4.35. The van der Waals surface area contributed by atoms with E-state index in [9.17, 15) is 4.79 Å². The Morgan fingerprint density at radius 3 is 2.88 bits per heavy atom. The van der Waals surface area contributed by atoms with Gasteiger partial charge in [-0.2, -0.15) is 0 Å². The summed E-state index contributed by atoms with van der Waals surface area (Å²) >= 11 is 3.20. The molecule has 0 spiro atoms. The van der Waals surface area contributed by atoms with E-state index in [4.69, 9.17) is 0 Å². The second-order valence-electron chi connectivity index (χ2n) is 5.84. The van der Waals surface area contributed by atoms with Crippen LogP contribution in [0.25, 0.3) is 16.3 Å². The van der Waals surface area contributed by atoms with Gasteiger partial charge in [-0.25, -0.2) is 4.98 Å². The van der Waals surface area contributed by atoms with E-state index in [1.165, 1.54) is 0 Å². The lowest BCUT2D eigenvalue weighted by atomic mass is 10.3. The molecule has 0 bridgehead atoms. The molecule has 0 radical (unpaired) electrons. The van der Waals surface area contributed by atoms with Crippen molar-refractivity contribution in [1.29, 1.82) is 0 Å². The van der Waals surface area contributed by atoms with Gasteiger partial charge in [0.15, 0.2) is 11.0 Å². The molecule has 0 aromatic carbocycles. The number of nitrogens with zero attached hydrogens (tertiary/aromatic N) is 5. The second-order valence-corrected chi connectivity index (χ2v) is 7.73. The zero-order chi connectivity index (χ0) is 18.1. The van der Waals surface area contributed by atoms with Crippen LogP contribution in [0.5, 0.6) is 0 Å². The molecule has 0 unspecified atom stereocenters. The largest absolute Gasteiger partial charge is 0.302 e. The lowest BCUT2D eigenvalue weighted by molar-refractivity contribution is 0.688. The van der Waals surface area contributed by atoms with Crippen LogP contribution in [0.4, 0.5) is 0 Å². The number of hydrogen-bond donors (Lipinski definition) is 0. The summed E-state index contributed by atoms with van der Waals surface area (Å²) in [5.41, 5.74) is 2.37. The monoisotopic (exact) mass is 383 g/mol. The molecule has 6 nitrogen and oxygen atoms in total. The Morgan fingerprint density at radius 2 is 2.12 bits per heavy atom. The summed E-state index contributed by atoms with van der Waals surface area (Å²) in [5.74, 6) is 1.45. The minimum atomic E-state index is -0.0643. The third-order valence-electron chi connectivity index (χ3n) is 3.98. The van der Waals surface area contributed by atoms with Crippen molar-refractivity contribution in [1.82, 2.24) is 24.1 Å². The average molecular weight is 384 g/mol. The molecule has 26 heavy (non-hydrogen) atoms. The number of fused-ring (bicyclic) bond motifs is 1. The average Bonchev–Trinajstić information content (AvgIpc) is 3.29. The van der Waals surface area contributed by atoms with Gasteiger partial charge in [0, 0.05) is 24.6 Å². The van der Waals surface area contributed by atoms with Crippen molar-refractivity contribution in [3.05, 3.63) is 63.5 Å². The molecule has 0 N–H and O–H groups in total. The standard InChI is InChI=1S/C18H17N5OS2/c1-3-22-17(14-5-4-8-25-14)20-21-18(22)26-11-13-9-16(24)23-10-12(2)6-7-15(23)19-13/h4-10H,3,11H2,1-2H3. The number of thioether (sulfide) groups is 1. The van der Waals surface area contributed by atoms with E-state index >= 15 is 0 Å². The minimum Gasteiger partial charge on any atom is -0.302 e. The first kappa shape index (κ1) is 17.0. The van der Waals surface area contributed by atoms with Crippen molar-refractivity contribution < 1.29 is 0 Å². The van der Waals surface area contributed by atoms with Gasteiger partial charge in [-0.1, -0.05) is 23.9 Å². The predicted molar refractivity (Wildman–Crippen MR) is 105 cm³/mol. The zero-order valence-electron chi connectivity index (χ0n) is 14.4. The molecule has 0 aliphatic carbocycles. The van der Waals surface area contributed by atoms with Gasteiger partial charge in [0.25, 0.3) is 5.56 Å². The number of hydrogen-bond acceptors (Lipinski definition) is 6. The van der Waals surface area contributed by atoms with Crippen LogP contribution in [0, 0.1) is 6.92 Å². The van der Waals surface area contributed by atoms with Crippen LogP contribution < -0.4 is 5.56 Å². The summed E-state index contributed by atoms with van der Waals surface area (Å²) < 4.78 is 3.67. The number of aromatic nitrogens is 5. The number of pyridine rings is 1. The molecule has 4 heterocycles. The minimum absolute atomic E-state index is 0.0643. The van der Waals surface area contributed by atoms with Crippen LogP contribution in [-0.4, -0.2) is 24.1 Å². The van der Waals surface area contributed by atoms with Crippen molar-refractivity contribution in [3.8, 4) is 10.7 Å². The SMILES string of the molecule is CCn1c(SCc2cc(=O)n3cc(C)ccc3n2)nnc1-c1cccs1. The Bertz CT molecular complexity index is 1110. The van der Waals surface area contributed by atoms with Gasteiger partial charge in [-0.15, -0.1) is 21.5 Å². The van der Waals surface area contributed by atoms with Crippen molar-refractivity contribution in [2.45, 2.75) is 31.3 Å². The Kier molecular flexibility index (Phi) is 4.60. The highest BCUT2D eigenvalue weighted by Crippen LogP contribution is 2.28. The highest BCUT2D eigenvalue weighted by Gasteiger charge is 2.14. The van der Waals surface area contributed by atoms with Crippen molar-refractivity contribution >= 4 is 28.7 Å². The highest BCUT2D eigenvalue weighted by molar-refractivity contribution is 7.98. The lowest BCUT2D eigenvalue weighted by Gasteiger charge is -2.07. The fourth-order valence-electron chi connectivity index (χ4n) is 2.74. The van der Waals surface area contributed by atoms with E-state index in [2.05, 4.69) is 26.7 Å². The van der Waals surface area contributed by atoms with E-state index in [0.29, 0.717) is 11.4 Å². The lowest BCUT2D eigenvalue weighted by Crippen LogP contribution is -2.15. The van der Waals surface area contributed by atoms with Gasteiger partial charge < -0.3 is 4.57 Å². The molecular weight excluding hydrogens is 366 g/mol. The molecule has 0 aliphatic heterocycles. The first-order chi connectivity index (χ1) is 12.7. The van der Waals surface area contributed by atoms with Crippen molar-refractivity contribution in [2.75, 3.05) is 0 Å². The van der Waals surface area contributed by atoms with E-state index in [1.54, 1.807) is 33.6 Å². The molecule has 0 aliphatic rings. The molecule has 4 aromatic heterocycles. The van der Waals surface area contributed by atoms with Crippen molar-refractivity contribution in [3.63, 3.8) is 0 Å². The van der Waals surface area contributed by atoms with Gasteiger partial charge >= 0.3 is 0 Å². The molecule has 0 atom stereocenters. The first-order valence-corrected chi connectivity index (χ1v) is 10.1. The van der Waals surface area contributed by atoms with Gasteiger partial charge in [-0.05, 0) is 36.9 Å². The van der Waals surface area contributed by atoms with Gasteiger partial charge in [-0.3, -0.25) is 9.20 Å². The normalized spacial score (nSPS) is 11.3. The molecule has 132 valence electrons. The summed E-state index contributed by atoms with van der Waals surface area (Å²) in [5, 5.41) is 11.5. The fraction of sp³-hybridized carbons (Fsp3) is 0.222. The summed E-state index contributed by atoms with van der Waals surface area (Å²) in [7, 11) is 0. The van der Waals surface area contributed by atoms with Gasteiger partial charge in [0.2, 0.25) is 0 Å². The predicted octanol–water partition coefficient (Wildman–Crippen LogP) is 3.64. The number of rotatable bonds is 5. The summed E-state index contributed by atoms with van der Waals surface area (Å²) in [6, 6.07) is 9.47. The molecule has 0 fully saturated rings. The first-order valence-electron chi connectivity index (χ1n) is 8.24. The van der Waals surface area contributed by atoms with E-state index < -0.39 is 0 Å². The van der Waals surface area contributed by atoms with Crippen LogP contribution in [0.1, 0.15) is 18.2 Å². The third-order valence-corrected chi connectivity index (χ3v) is 5.85. The van der Waals surface area contributed by atoms with E-state index in [-0.39, 0.29) is 5.56 Å². The molecule has 8 heteroatoms. The molecule has 0 amide bonds. The molecule has 4 rings (SSSR count). The Labute approximate surface area is 158 Å². The second kappa shape index (κ2) is 7.05. The summed E-state index contributed by atoms with van der Waals surface area (Å²) in [4.78, 5) is 18.0. The summed E-state index contributed by atoms with van der Waals surface area (Å²) in [6.45, 7) is 4.82. The Morgan fingerprint density at radius 1 is 1.23 bits per heavy atom. The van der Waals surface area contributed by atoms with Gasteiger partial charge in [0.05, 0.1) is 10.6 Å². The summed E-state index contributed by atoms with van der Waals surface area (Å²) in [6.07, 6.45) is 1.81. The molecular formula is C18H17N5OS2. The highest BCUT2D eigenvalue weighted by atomic mass is 32.2. The van der Waals surface area contributed by atoms with Crippen molar-refractivity contribution in [2.24, 2.45) is 0 Å². The van der Waals surface area contributed by atoms with Crippen LogP contribution in [0.15, 0.2) is 51.9 Å². The van der Waals surface area contributed by atoms with Crippen LogP contribution in [0.3, 0.4) is 0 Å².